The maximum absolute atomic E-state index is 11.6. The molecule has 4 rings (SSSR count). The van der Waals surface area contributed by atoms with Gasteiger partial charge in [0.1, 0.15) is 48.3 Å². The SMILES string of the molecule is COc1cc2ccc(=O)oc2cc1OC1OC(CO)C(O)C(O)C1OC1OC(CO)C(O)C(O)C1O. The highest BCUT2D eigenvalue weighted by molar-refractivity contribution is 5.80. The number of methoxy groups -OCH3 is 1. The topological polar surface area (TPSA) is 218 Å². The molecule has 200 valence electrons. The van der Waals surface area contributed by atoms with Gasteiger partial charge in [0.15, 0.2) is 23.9 Å². The molecule has 14 nitrogen and oxygen atoms in total. The van der Waals surface area contributed by atoms with Crippen LogP contribution >= 0.6 is 0 Å². The maximum atomic E-state index is 11.6. The minimum atomic E-state index is -1.81. The largest absolute Gasteiger partial charge is 0.493 e. The van der Waals surface area contributed by atoms with E-state index in [1.54, 1.807) is 0 Å². The van der Waals surface area contributed by atoms with E-state index in [9.17, 15) is 40.5 Å². The Balaban J connectivity index is 1.66. The third-order valence-electron chi connectivity index (χ3n) is 6.11. The van der Waals surface area contributed by atoms with Crippen LogP contribution in [0, 0.1) is 0 Å². The minimum Gasteiger partial charge on any atom is -0.493 e. The smallest absolute Gasteiger partial charge is 0.336 e. The summed E-state index contributed by atoms with van der Waals surface area (Å²) < 4.78 is 32.9. The highest BCUT2D eigenvalue weighted by atomic mass is 16.8. The molecule has 0 spiro atoms. The molecule has 2 fully saturated rings. The van der Waals surface area contributed by atoms with Gasteiger partial charge in [0.05, 0.1) is 20.3 Å². The predicted octanol–water partition coefficient (Wildman–Crippen LogP) is -3.20. The lowest BCUT2D eigenvalue weighted by molar-refractivity contribution is -0.357. The molecule has 10 atom stereocenters. The zero-order valence-electron chi connectivity index (χ0n) is 19.0. The molecule has 36 heavy (non-hydrogen) atoms. The number of aliphatic hydroxyl groups is 7. The number of aliphatic hydroxyl groups excluding tert-OH is 7. The molecule has 0 bridgehead atoms. The normalized spacial score (nSPS) is 37.1. The van der Waals surface area contributed by atoms with Gasteiger partial charge in [-0.1, -0.05) is 0 Å². The monoisotopic (exact) mass is 516 g/mol. The van der Waals surface area contributed by atoms with Crippen molar-refractivity contribution in [1.29, 1.82) is 0 Å². The Hall–Kier alpha value is -2.37. The Kier molecular flexibility index (Phi) is 8.11. The summed E-state index contributed by atoms with van der Waals surface area (Å²) in [5.74, 6) is 0.153. The highest BCUT2D eigenvalue weighted by Crippen LogP contribution is 2.36. The molecule has 3 heterocycles. The molecular weight excluding hydrogens is 488 g/mol. The van der Waals surface area contributed by atoms with E-state index in [-0.39, 0.29) is 17.1 Å². The zero-order chi connectivity index (χ0) is 26.1. The van der Waals surface area contributed by atoms with Crippen LogP contribution in [0.5, 0.6) is 11.5 Å². The van der Waals surface area contributed by atoms with Crippen LogP contribution in [-0.4, -0.2) is 117 Å². The summed E-state index contributed by atoms with van der Waals surface area (Å²) in [5.41, 5.74) is -0.477. The van der Waals surface area contributed by atoms with Crippen molar-refractivity contribution in [3.05, 3.63) is 34.7 Å². The highest BCUT2D eigenvalue weighted by Gasteiger charge is 2.51. The summed E-state index contributed by atoms with van der Waals surface area (Å²) in [6.45, 7) is -1.42. The lowest BCUT2D eigenvalue weighted by atomic mass is 9.97. The van der Waals surface area contributed by atoms with Gasteiger partial charge in [0, 0.05) is 17.5 Å². The fourth-order valence-corrected chi connectivity index (χ4v) is 4.08. The van der Waals surface area contributed by atoms with E-state index in [2.05, 4.69) is 0 Å². The van der Waals surface area contributed by atoms with Crippen molar-refractivity contribution in [2.45, 2.75) is 61.4 Å². The molecule has 2 aliphatic heterocycles. The number of benzene rings is 1. The fraction of sp³-hybridized carbons (Fsp3) is 0.591. The van der Waals surface area contributed by atoms with Crippen LogP contribution in [0.25, 0.3) is 11.0 Å². The first-order valence-corrected chi connectivity index (χ1v) is 11.1. The van der Waals surface area contributed by atoms with Gasteiger partial charge in [-0.05, 0) is 12.1 Å². The van der Waals surface area contributed by atoms with Gasteiger partial charge < -0.3 is 63.8 Å². The van der Waals surface area contributed by atoms with Crippen molar-refractivity contribution < 1.29 is 63.8 Å². The van der Waals surface area contributed by atoms with Gasteiger partial charge in [0.25, 0.3) is 0 Å². The van der Waals surface area contributed by atoms with Gasteiger partial charge in [-0.25, -0.2) is 4.79 Å². The standard InChI is InChI=1S/C22H28O14/c1-31-10-4-8-2-3-14(25)32-9(8)5-11(10)33-22-20(18(29)16(27)13(7-24)35-22)36-21-19(30)17(28)15(26)12(6-23)34-21/h2-5,12-13,15-24,26-30H,6-7H2,1H3. The molecule has 2 saturated heterocycles. The molecule has 0 saturated carbocycles. The summed E-state index contributed by atoms with van der Waals surface area (Å²) in [4.78, 5) is 11.6. The van der Waals surface area contributed by atoms with E-state index in [0.29, 0.717) is 5.39 Å². The van der Waals surface area contributed by atoms with Crippen molar-refractivity contribution in [2.75, 3.05) is 20.3 Å². The summed E-state index contributed by atoms with van der Waals surface area (Å²) in [6, 6.07) is 5.58. The predicted molar refractivity (Wildman–Crippen MR) is 116 cm³/mol. The molecule has 2 aromatic rings. The van der Waals surface area contributed by atoms with Crippen LogP contribution in [0.3, 0.4) is 0 Å². The van der Waals surface area contributed by atoms with Gasteiger partial charge in [-0.3, -0.25) is 0 Å². The van der Waals surface area contributed by atoms with Crippen molar-refractivity contribution in [1.82, 2.24) is 0 Å². The van der Waals surface area contributed by atoms with Gasteiger partial charge in [-0.2, -0.15) is 0 Å². The number of hydrogen-bond donors (Lipinski definition) is 7. The molecule has 7 N–H and O–H groups in total. The van der Waals surface area contributed by atoms with Crippen LogP contribution in [0.1, 0.15) is 0 Å². The Labute approximate surface area is 203 Å². The van der Waals surface area contributed by atoms with Crippen LogP contribution in [-0.2, 0) is 14.2 Å². The molecule has 1 aromatic heterocycles. The van der Waals surface area contributed by atoms with Crippen LogP contribution < -0.4 is 15.1 Å². The summed E-state index contributed by atoms with van der Waals surface area (Å²) in [6.07, 6.45) is -16.1. The second-order valence-electron chi connectivity index (χ2n) is 8.42. The first-order valence-electron chi connectivity index (χ1n) is 11.1. The number of fused-ring (bicyclic) bond motifs is 1. The minimum absolute atomic E-state index is 0.0213. The Morgan fingerprint density at radius 1 is 0.806 bits per heavy atom. The van der Waals surface area contributed by atoms with E-state index in [1.165, 1.54) is 31.4 Å². The Morgan fingerprint density at radius 3 is 2.08 bits per heavy atom. The van der Waals surface area contributed by atoms with Crippen molar-refractivity contribution in [2.24, 2.45) is 0 Å². The molecule has 10 unspecified atom stereocenters. The molecular formula is C22H28O14. The molecule has 1 aromatic carbocycles. The lowest BCUT2D eigenvalue weighted by Gasteiger charge is -2.45. The molecule has 14 heteroatoms. The van der Waals surface area contributed by atoms with Crippen LogP contribution in [0.2, 0.25) is 0 Å². The number of ether oxygens (including phenoxy) is 5. The molecule has 2 aliphatic rings. The van der Waals surface area contributed by atoms with E-state index >= 15 is 0 Å². The van der Waals surface area contributed by atoms with E-state index < -0.39 is 80.3 Å². The first kappa shape index (κ1) is 26.7. The second-order valence-corrected chi connectivity index (χ2v) is 8.42. The third-order valence-corrected chi connectivity index (χ3v) is 6.11. The van der Waals surface area contributed by atoms with E-state index in [0.717, 1.165) is 0 Å². The van der Waals surface area contributed by atoms with Crippen molar-refractivity contribution in [3.8, 4) is 11.5 Å². The van der Waals surface area contributed by atoms with Crippen molar-refractivity contribution in [3.63, 3.8) is 0 Å². The number of rotatable bonds is 7. The summed E-state index contributed by atoms with van der Waals surface area (Å²) in [5, 5.41) is 71.0. The first-order chi connectivity index (χ1) is 17.2. The average molecular weight is 516 g/mol. The molecule has 0 radical (unpaired) electrons. The fourth-order valence-electron chi connectivity index (χ4n) is 4.08. The second kappa shape index (κ2) is 10.9. The van der Waals surface area contributed by atoms with Gasteiger partial charge in [-0.15, -0.1) is 0 Å². The van der Waals surface area contributed by atoms with Crippen molar-refractivity contribution >= 4 is 11.0 Å². The Morgan fingerprint density at radius 2 is 1.44 bits per heavy atom. The average Bonchev–Trinajstić information content (AvgIpc) is 2.87. The van der Waals surface area contributed by atoms with E-state index in [4.69, 9.17) is 28.1 Å². The molecule has 0 aliphatic carbocycles. The van der Waals surface area contributed by atoms with E-state index in [1.807, 2.05) is 0 Å². The van der Waals surface area contributed by atoms with Crippen LogP contribution in [0.4, 0.5) is 0 Å². The quantitative estimate of drug-likeness (QED) is 0.180. The summed E-state index contributed by atoms with van der Waals surface area (Å²) >= 11 is 0. The zero-order valence-corrected chi connectivity index (χ0v) is 19.0. The van der Waals surface area contributed by atoms with Gasteiger partial charge in [0.2, 0.25) is 6.29 Å². The number of hydrogen-bond acceptors (Lipinski definition) is 14. The Bertz CT molecular complexity index is 1090. The van der Waals surface area contributed by atoms with Gasteiger partial charge >= 0.3 is 5.63 Å². The lowest BCUT2D eigenvalue weighted by Crippen LogP contribution is -2.65. The molecule has 0 amide bonds. The summed E-state index contributed by atoms with van der Waals surface area (Å²) in [7, 11) is 1.35. The maximum Gasteiger partial charge on any atom is 0.336 e. The third kappa shape index (κ3) is 5.05. The van der Waals surface area contributed by atoms with Crippen LogP contribution in [0.15, 0.2) is 33.5 Å².